The first-order valence-electron chi connectivity index (χ1n) is 8.51. The summed E-state index contributed by atoms with van der Waals surface area (Å²) in [6, 6.07) is 13.2. The fourth-order valence-electron chi connectivity index (χ4n) is 2.67. The molecular formula is C18H10Cl2I5N4O6-. The third-order valence-electron chi connectivity index (χ3n) is 4.00. The van der Waals surface area contributed by atoms with Crippen LogP contribution in [-0.4, -0.2) is 24.9 Å². The minimum atomic E-state index is -0.906. The largest absolute Gasteiger partial charge is 0.501 e. The van der Waals surface area contributed by atoms with Gasteiger partial charge >= 0.3 is 67.4 Å². The van der Waals surface area contributed by atoms with Gasteiger partial charge in [0.05, 0.1) is 20.9 Å². The maximum atomic E-state index is 11.2. The van der Waals surface area contributed by atoms with Crippen molar-refractivity contribution in [3.05, 3.63) is 89.3 Å². The Morgan fingerprint density at radius 1 is 0.914 bits per heavy atom. The molecule has 0 spiro atoms. The summed E-state index contributed by atoms with van der Waals surface area (Å²) in [5, 5.41) is 31.3. The van der Waals surface area contributed by atoms with Gasteiger partial charge in [-0.15, -0.1) is 0 Å². The van der Waals surface area contributed by atoms with Gasteiger partial charge in [0.2, 0.25) is 10.9 Å². The maximum Gasteiger partial charge on any atom is 0.375 e. The van der Waals surface area contributed by atoms with Gasteiger partial charge in [0.1, 0.15) is 5.02 Å². The molecule has 2 aromatic heterocycles. The molecule has 188 valence electrons. The average Bonchev–Trinajstić information content (AvgIpc) is 2.81. The third-order valence-corrected chi connectivity index (χ3v) is 4.64. The van der Waals surface area contributed by atoms with Gasteiger partial charge in [0.15, 0.2) is 0 Å². The molecule has 4 rings (SSSR count). The molecule has 0 unspecified atom stereocenters. The van der Waals surface area contributed by atoms with E-state index in [2.05, 4.69) is 84.4 Å². The molecule has 0 bridgehead atoms. The zero-order valence-corrected chi connectivity index (χ0v) is 28.9. The Kier molecular flexibility index (Phi) is 15.7. The number of rotatable bonds is 2. The normalized spacial score (nSPS) is 9.77. The standard InChI is InChI=1S/C9H4Cl2N2O2.C9H6N2O4.I3.I2/c10-7-5-3-1-2-4-6(5)12-9(11)8(7)13(14)15;12-8-5-3-1-2-4-6(5)10-9(13)7(8)11(14)15;1-3-2;1-2/h1-4H;1-4H,(H2,10,12,13);;/q;;-1;. The van der Waals surface area contributed by atoms with Crippen LogP contribution in [0.1, 0.15) is 0 Å². The minimum Gasteiger partial charge on any atom is -0.501 e. The second-order valence-electron chi connectivity index (χ2n) is 5.85. The molecule has 0 fully saturated rings. The minimum absolute atomic E-state index is 0.0237. The van der Waals surface area contributed by atoms with Gasteiger partial charge in [-0.2, -0.15) is 0 Å². The summed E-state index contributed by atoms with van der Waals surface area (Å²) in [6.07, 6.45) is 0. The molecule has 17 heteroatoms. The van der Waals surface area contributed by atoms with Gasteiger partial charge in [-0.1, -0.05) is 53.5 Å². The molecule has 0 aliphatic carbocycles. The Bertz CT molecular complexity index is 1410. The summed E-state index contributed by atoms with van der Waals surface area (Å²) in [4.78, 5) is 37.1. The van der Waals surface area contributed by atoms with Crippen molar-refractivity contribution in [3.8, 4) is 5.75 Å². The first-order chi connectivity index (χ1) is 16.6. The molecule has 2 heterocycles. The van der Waals surface area contributed by atoms with Crippen LogP contribution in [0, 0.1) is 20.2 Å². The van der Waals surface area contributed by atoms with Crippen molar-refractivity contribution in [2.75, 3.05) is 0 Å². The molecule has 2 N–H and O–H groups in total. The van der Waals surface area contributed by atoms with Crippen molar-refractivity contribution in [1.82, 2.24) is 9.97 Å². The average molecular weight is 1080 g/mol. The van der Waals surface area contributed by atoms with E-state index >= 15 is 0 Å². The Hall–Kier alpha value is -0.110. The molecule has 10 nitrogen and oxygen atoms in total. The molecule has 0 saturated heterocycles. The molecule has 2 aromatic carbocycles. The number of halogens is 7. The first kappa shape index (κ1) is 32.9. The molecule has 0 aliphatic heterocycles. The maximum absolute atomic E-state index is 11.2. The third kappa shape index (κ3) is 9.00. The predicted octanol–water partition coefficient (Wildman–Crippen LogP) is 5.14. The number of fused-ring (bicyclic) bond motifs is 2. The summed E-state index contributed by atoms with van der Waals surface area (Å²) in [5.74, 6) is -0.598. The molecule has 0 aliphatic rings. The molecule has 0 saturated carbocycles. The quantitative estimate of drug-likeness (QED) is 0.122. The van der Waals surface area contributed by atoms with E-state index in [1.165, 1.54) is 6.07 Å². The van der Waals surface area contributed by atoms with Gasteiger partial charge in [-0.3, -0.25) is 25.0 Å². The first-order valence-corrected chi connectivity index (χ1v) is 28.1. The van der Waals surface area contributed by atoms with Crippen molar-refractivity contribution < 1.29 is 28.2 Å². The zero-order chi connectivity index (χ0) is 26.7. The van der Waals surface area contributed by atoms with Crippen molar-refractivity contribution in [2.45, 2.75) is 0 Å². The number of nitro groups is 2. The fourth-order valence-corrected chi connectivity index (χ4v) is 3.29. The number of para-hydroxylation sites is 2. The number of nitrogens with one attached hydrogen (secondary N) is 1. The molecule has 0 radical (unpaired) electrons. The van der Waals surface area contributed by atoms with Gasteiger partial charge in [-0.25, -0.2) is 4.98 Å². The zero-order valence-electron chi connectivity index (χ0n) is 16.6. The van der Waals surface area contributed by atoms with Crippen LogP contribution >= 0.6 is 97.7 Å². The fraction of sp³-hybridized carbons (Fsp3) is 0. The van der Waals surface area contributed by atoms with Crippen molar-refractivity contribution in [1.29, 1.82) is 0 Å². The van der Waals surface area contributed by atoms with Crippen LogP contribution in [0.25, 0.3) is 21.8 Å². The van der Waals surface area contributed by atoms with Gasteiger partial charge in [0.25, 0.3) is 0 Å². The van der Waals surface area contributed by atoms with Gasteiger partial charge in [0, 0.05) is 48.0 Å². The Morgan fingerprint density at radius 2 is 1.40 bits per heavy atom. The summed E-state index contributed by atoms with van der Waals surface area (Å²) >= 11 is 21.1. The van der Waals surface area contributed by atoms with Crippen LogP contribution in [0.15, 0.2) is 53.3 Å². The summed E-state index contributed by atoms with van der Waals surface area (Å²) in [6.45, 7) is 0. The van der Waals surface area contributed by atoms with Crippen LogP contribution in [0.2, 0.25) is 10.2 Å². The summed E-state index contributed by atoms with van der Waals surface area (Å²) in [5.41, 5.74) is -1.18. The van der Waals surface area contributed by atoms with E-state index in [0.717, 1.165) is 0 Å². The predicted molar refractivity (Wildman–Crippen MR) is 167 cm³/mol. The number of H-pyrrole nitrogens is 1. The molecular weight excluding hydrogens is 1070 g/mol. The van der Waals surface area contributed by atoms with E-state index < -0.39 is 26.8 Å². The number of aromatic amines is 1. The molecule has 0 atom stereocenters. The number of pyridine rings is 2. The SMILES string of the molecule is II.I[I-]I.O=[N+]([O-])c1c(Cl)nc2ccccc2c1Cl.O=c1[nH]c2ccccc2c(O)c1[N+](=O)[O-]. The van der Waals surface area contributed by atoms with E-state index in [1.54, 1.807) is 42.5 Å². The molecule has 4 aromatic rings. The number of benzene rings is 2. The van der Waals surface area contributed by atoms with E-state index in [9.17, 15) is 30.1 Å². The van der Waals surface area contributed by atoms with Crippen LogP contribution in [-0.2, 0) is 0 Å². The molecule has 35 heavy (non-hydrogen) atoms. The number of aromatic hydroxyl groups is 1. The van der Waals surface area contributed by atoms with Gasteiger partial charge in [-0.05, 0) is 18.2 Å². The monoisotopic (exact) mass is 1080 g/mol. The number of hydrogen-bond donors (Lipinski definition) is 2. The van der Waals surface area contributed by atoms with E-state index in [1.807, 2.05) is 0 Å². The topological polar surface area (TPSA) is 152 Å². The van der Waals surface area contributed by atoms with E-state index in [0.29, 0.717) is 29.7 Å². The van der Waals surface area contributed by atoms with Crippen LogP contribution in [0.3, 0.4) is 0 Å². The van der Waals surface area contributed by atoms with Crippen LogP contribution in [0.5, 0.6) is 5.75 Å². The van der Waals surface area contributed by atoms with Gasteiger partial charge < -0.3 is 10.1 Å². The van der Waals surface area contributed by atoms with Crippen molar-refractivity contribution in [2.24, 2.45) is 0 Å². The van der Waals surface area contributed by atoms with Crippen molar-refractivity contribution >= 4 is 131 Å². The van der Waals surface area contributed by atoms with Crippen molar-refractivity contribution in [3.63, 3.8) is 0 Å². The number of aromatic nitrogens is 2. The second-order valence-corrected chi connectivity index (χ2v) is 22.8. The molecule has 0 amide bonds. The van der Waals surface area contributed by atoms with E-state index in [4.69, 9.17) is 23.2 Å². The Morgan fingerprint density at radius 3 is 1.94 bits per heavy atom. The second kappa shape index (κ2) is 16.7. The van der Waals surface area contributed by atoms with Crippen LogP contribution < -0.4 is 18.8 Å². The van der Waals surface area contributed by atoms with E-state index in [-0.39, 0.29) is 21.2 Å². The smallest absolute Gasteiger partial charge is 0.375 e. The number of nitrogens with zero attached hydrogens (tertiary/aromatic N) is 3. The Labute approximate surface area is 260 Å². The number of hydrogen-bond acceptors (Lipinski definition) is 7. The summed E-state index contributed by atoms with van der Waals surface area (Å²) in [7, 11) is 0. The summed E-state index contributed by atoms with van der Waals surface area (Å²) < 4.78 is 0. The Balaban J connectivity index is 0.000000296. The van der Waals surface area contributed by atoms with Crippen LogP contribution in [0.4, 0.5) is 11.4 Å².